The van der Waals surface area contributed by atoms with Crippen molar-refractivity contribution in [2.75, 3.05) is 0 Å². The summed E-state index contributed by atoms with van der Waals surface area (Å²) < 4.78 is 0. The fourth-order valence-corrected chi connectivity index (χ4v) is 4.71. The SMILES string of the molecule is CCCC(C)CCCCCCCCC(C)C(CC)CCCCCC(C)CC. The van der Waals surface area contributed by atoms with Crippen molar-refractivity contribution in [2.45, 2.75) is 151 Å². The summed E-state index contributed by atoms with van der Waals surface area (Å²) in [5.74, 6) is 3.82. The van der Waals surface area contributed by atoms with Crippen molar-refractivity contribution in [1.29, 1.82) is 0 Å². The third kappa shape index (κ3) is 16.6. The molecule has 0 aliphatic heterocycles. The van der Waals surface area contributed by atoms with Gasteiger partial charge >= 0.3 is 0 Å². The lowest BCUT2D eigenvalue weighted by molar-refractivity contribution is 0.289. The molecular formula is C27H56. The van der Waals surface area contributed by atoms with Gasteiger partial charge < -0.3 is 0 Å². The van der Waals surface area contributed by atoms with Crippen molar-refractivity contribution < 1.29 is 0 Å². The highest BCUT2D eigenvalue weighted by Crippen LogP contribution is 2.27. The molecule has 0 aliphatic carbocycles. The molecule has 164 valence electrons. The maximum Gasteiger partial charge on any atom is -0.0391 e. The summed E-state index contributed by atoms with van der Waals surface area (Å²) in [4.78, 5) is 0. The molecule has 4 atom stereocenters. The van der Waals surface area contributed by atoms with Crippen molar-refractivity contribution in [3.05, 3.63) is 0 Å². The zero-order chi connectivity index (χ0) is 20.3. The first-order valence-corrected chi connectivity index (χ1v) is 13.0. The third-order valence-corrected chi connectivity index (χ3v) is 7.19. The average Bonchev–Trinajstić information content (AvgIpc) is 2.66. The largest absolute Gasteiger partial charge is 0.0654 e. The van der Waals surface area contributed by atoms with Gasteiger partial charge in [0.05, 0.1) is 0 Å². The Morgan fingerprint density at radius 3 is 1.48 bits per heavy atom. The summed E-state index contributed by atoms with van der Waals surface area (Å²) >= 11 is 0. The van der Waals surface area contributed by atoms with E-state index in [2.05, 4.69) is 41.5 Å². The predicted molar refractivity (Wildman–Crippen MR) is 126 cm³/mol. The van der Waals surface area contributed by atoms with Crippen LogP contribution in [0.1, 0.15) is 151 Å². The average molecular weight is 381 g/mol. The van der Waals surface area contributed by atoms with Crippen LogP contribution in [0.3, 0.4) is 0 Å². The highest BCUT2D eigenvalue weighted by atomic mass is 14.2. The van der Waals surface area contributed by atoms with E-state index >= 15 is 0 Å². The van der Waals surface area contributed by atoms with E-state index in [4.69, 9.17) is 0 Å². The molecule has 0 spiro atoms. The Bertz CT molecular complexity index is 282. The first-order valence-electron chi connectivity index (χ1n) is 13.0. The van der Waals surface area contributed by atoms with Crippen LogP contribution in [0.25, 0.3) is 0 Å². The lowest BCUT2D eigenvalue weighted by Crippen LogP contribution is -2.11. The molecule has 27 heavy (non-hydrogen) atoms. The van der Waals surface area contributed by atoms with Crippen LogP contribution < -0.4 is 0 Å². The van der Waals surface area contributed by atoms with Gasteiger partial charge in [-0.3, -0.25) is 0 Å². The molecule has 0 N–H and O–H groups in total. The van der Waals surface area contributed by atoms with E-state index in [1.165, 1.54) is 109 Å². The van der Waals surface area contributed by atoms with Gasteiger partial charge in [0.1, 0.15) is 0 Å². The smallest absolute Gasteiger partial charge is 0.0391 e. The summed E-state index contributed by atoms with van der Waals surface area (Å²) in [5.41, 5.74) is 0. The van der Waals surface area contributed by atoms with Crippen molar-refractivity contribution >= 4 is 0 Å². The first-order chi connectivity index (χ1) is 13.0. The predicted octanol–water partition coefficient (Wildman–Crippen LogP) is 10.2. The standard InChI is InChI=1S/C27H56/c1-7-19-25(5)21-15-12-10-11-13-17-22-26(6)27(9-3)23-18-14-16-20-24(4)8-2/h24-27H,7-23H2,1-6H3. The number of hydrogen-bond donors (Lipinski definition) is 0. The minimum absolute atomic E-state index is 0.936. The van der Waals surface area contributed by atoms with Crippen LogP contribution >= 0.6 is 0 Å². The zero-order valence-corrected chi connectivity index (χ0v) is 20.3. The summed E-state index contributed by atoms with van der Waals surface area (Å²) in [6.45, 7) is 14.4. The lowest BCUT2D eigenvalue weighted by Gasteiger charge is -2.23. The van der Waals surface area contributed by atoms with Gasteiger partial charge in [-0.05, 0) is 23.7 Å². The molecule has 0 saturated heterocycles. The van der Waals surface area contributed by atoms with E-state index in [0.29, 0.717) is 0 Å². The number of rotatable bonds is 20. The molecular weight excluding hydrogens is 324 g/mol. The molecule has 0 nitrogen and oxygen atoms in total. The highest BCUT2D eigenvalue weighted by molar-refractivity contribution is 4.66. The maximum atomic E-state index is 2.53. The fourth-order valence-electron chi connectivity index (χ4n) is 4.71. The molecule has 0 aromatic rings. The van der Waals surface area contributed by atoms with E-state index in [1.54, 1.807) is 0 Å². The molecule has 0 aliphatic rings. The van der Waals surface area contributed by atoms with Crippen molar-refractivity contribution in [2.24, 2.45) is 23.7 Å². The molecule has 0 heterocycles. The second kappa shape index (κ2) is 19.3. The molecule has 0 radical (unpaired) electrons. The van der Waals surface area contributed by atoms with Crippen LogP contribution in [0.5, 0.6) is 0 Å². The number of unbranched alkanes of at least 4 members (excludes halogenated alkanes) is 7. The zero-order valence-electron chi connectivity index (χ0n) is 20.3. The Labute approximate surface area is 174 Å². The summed E-state index contributed by atoms with van der Waals surface area (Å²) in [6, 6.07) is 0. The van der Waals surface area contributed by atoms with E-state index < -0.39 is 0 Å². The van der Waals surface area contributed by atoms with Crippen molar-refractivity contribution in [3.8, 4) is 0 Å². The lowest BCUT2D eigenvalue weighted by atomic mass is 9.83. The Morgan fingerprint density at radius 2 is 0.926 bits per heavy atom. The molecule has 0 aromatic carbocycles. The van der Waals surface area contributed by atoms with E-state index in [0.717, 1.165) is 23.7 Å². The van der Waals surface area contributed by atoms with Gasteiger partial charge in [-0.25, -0.2) is 0 Å². The Hall–Kier alpha value is 0. The van der Waals surface area contributed by atoms with Gasteiger partial charge in [0, 0.05) is 0 Å². The third-order valence-electron chi connectivity index (χ3n) is 7.19. The van der Waals surface area contributed by atoms with Gasteiger partial charge in [-0.1, -0.05) is 151 Å². The molecule has 0 amide bonds. The monoisotopic (exact) mass is 380 g/mol. The van der Waals surface area contributed by atoms with Crippen molar-refractivity contribution in [1.82, 2.24) is 0 Å². The van der Waals surface area contributed by atoms with Crippen LogP contribution in [-0.2, 0) is 0 Å². The first kappa shape index (κ1) is 27.0. The van der Waals surface area contributed by atoms with Crippen molar-refractivity contribution in [3.63, 3.8) is 0 Å². The van der Waals surface area contributed by atoms with Crippen LogP contribution in [0, 0.1) is 23.7 Å². The molecule has 0 heteroatoms. The summed E-state index contributed by atoms with van der Waals surface area (Å²) in [7, 11) is 0. The normalized spacial score (nSPS) is 16.2. The summed E-state index contributed by atoms with van der Waals surface area (Å²) in [5, 5.41) is 0. The second-order valence-electron chi connectivity index (χ2n) is 9.89. The Morgan fingerprint density at radius 1 is 0.444 bits per heavy atom. The van der Waals surface area contributed by atoms with E-state index in [9.17, 15) is 0 Å². The fraction of sp³-hybridized carbons (Fsp3) is 1.00. The van der Waals surface area contributed by atoms with Gasteiger partial charge in [-0.15, -0.1) is 0 Å². The Kier molecular flexibility index (Phi) is 19.3. The topological polar surface area (TPSA) is 0 Å². The molecule has 4 unspecified atom stereocenters. The highest BCUT2D eigenvalue weighted by Gasteiger charge is 2.14. The van der Waals surface area contributed by atoms with Crippen LogP contribution in [0.15, 0.2) is 0 Å². The maximum absolute atomic E-state index is 2.53. The van der Waals surface area contributed by atoms with Crippen LogP contribution in [0.2, 0.25) is 0 Å². The Balaban J connectivity index is 3.58. The molecule has 0 rings (SSSR count). The molecule has 0 saturated carbocycles. The van der Waals surface area contributed by atoms with Crippen LogP contribution in [-0.4, -0.2) is 0 Å². The van der Waals surface area contributed by atoms with E-state index in [-0.39, 0.29) is 0 Å². The minimum Gasteiger partial charge on any atom is -0.0654 e. The number of hydrogen-bond acceptors (Lipinski definition) is 0. The van der Waals surface area contributed by atoms with Crippen LogP contribution in [0.4, 0.5) is 0 Å². The van der Waals surface area contributed by atoms with Gasteiger partial charge in [-0.2, -0.15) is 0 Å². The van der Waals surface area contributed by atoms with Gasteiger partial charge in [0.2, 0.25) is 0 Å². The molecule has 0 bridgehead atoms. The molecule has 0 aromatic heterocycles. The minimum atomic E-state index is 0.936. The summed E-state index contributed by atoms with van der Waals surface area (Å²) in [6.07, 6.45) is 24.6. The van der Waals surface area contributed by atoms with Gasteiger partial charge in [0.15, 0.2) is 0 Å². The van der Waals surface area contributed by atoms with Gasteiger partial charge in [0.25, 0.3) is 0 Å². The molecule has 0 fully saturated rings. The second-order valence-corrected chi connectivity index (χ2v) is 9.89. The quantitative estimate of drug-likeness (QED) is 0.184. The van der Waals surface area contributed by atoms with E-state index in [1.807, 2.05) is 0 Å².